The number of ether oxygens (including phenoxy) is 2. The molecule has 1 aromatic rings. The molecule has 3 nitrogen and oxygen atoms in total. The van der Waals surface area contributed by atoms with Crippen LogP contribution in [0.4, 0.5) is 4.39 Å². The molecule has 1 atom stereocenters. The van der Waals surface area contributed by atoms with E-state index in [0.717, 1.165) is 32.6 Å². The minimum Gasteiger partial charge on any atom is -0.497 e. The van der Waals surface area contributed by atoms with Crippen molar-refractivity contribution in [3.8, 4) is 5.75 Å². The zero-order valence-corrected chi connectivity index (χ0v) is 11.6. The molecule has 1 heterocycles. The van der Waals surface area contributed by atoms with E-state index >= 15 is 0 Å². The fourth-order valence-electron chi connectivity index (χ4n) is 2.39. The van der Waals surface area contributed by atoms with Gasteiger partial charge < -0.3 is 14.8 Å². The van der Waals surface area contributed by atoms with Crippen LogP contribution >= 0.6 is 0 Å². The van der Waals surface area contributed by atoms with Gasteiger partial charge in [0.15, 0.2) is 0 Å². The predicted octanol–water partition coefficient (Wildman–Crippen LogP) is 2.91. The molecule has 106 valence electrons. The third kappa shape index (κ3) is 3.91. The van der Waals surface area contributed by atoms with E-state index in [1.165, 1.54) is 6.07 Å². The Hall–Kier alpha value is -1.13. The highest BCUT2D eigenvalue weighted by Gasteiger charge is 2.16. The van der Waals surface area contributed by atoms with Gasteiger partial charge in [-0.05, 0) is 38.3 Å². The van der Waals surface area contributed by atoms with Gasteiger partial charge in [0.05, 0.1) is 7.11 Å². The Morgan fingerprint density at radius 2 is 2.16 bits per heavy atom. The molecule has 1 aliphatic heterocycles. The average Bonchev–Trinajstić information content (AvgIpc) is 2.45. The molecule has 19 heavy (non-hydrogen) atoms. The molecule has 0 aromatic heterocycles. The van der Waals surface area contributed by atoms with Crippen LogP contribution in [0.2, 0.25) is 0 Å². The maximum atomic E-state index is 13.9. The summed E-state index contributed by atoms with van der Waals surface area (Å²) in [7, 11) is 1.54. The van der Waals surface area contributed by atoms with Gasteiger partial charge in [-0.1, -0.05) is 6.07 Å². The molecule has 0 radical (unpaired) electrons. The van der Waals surface area contributed by atoms with Gasteiger partial charge in [0.1, 0.15) is 11.6 Å². The fourth-order valence-corrected chi connectivity index (χ4v) is 2.39. The summed E-state index contributed by atoms with van der Waals surface area (Å²) < 4.78 is 24.3. The SMILES string of the molecule is COc1ccc(C(C)NCC2CCOCC2)c(F)c1. The molecule has 1 unspecified atom stereocenters. The van der Waals surface area contributed by atoms with E-state index in [0.29, 0.717) is 17.2 Å². The lowest BCUT2D eigenvalue weighted by Crippen LogP contribution is -2.29. The normalized spacial score (nSPS) is 18.3. The molecule has 1 fully saturated rings. The molecular formula is C15H22FNO2. The lowest BCUT2D eigenvalue weighted by atomic mass is 9.99. The van der Waals surface area contributed by atoms with Gasteiger partial charge in [0.2, 0.25) is 0 Å². The monoisotopic (exact) mass is 267 g/mol. The summed E-state index contributed by atoms with van der Waals surface area (Å²) in [5.41, 5.74) is 0.688. The molecule has 0 spiro atoms. The van der Waals surface area contributed by atoms with Gasteiger partial charge in [-0.25, -0.2) is 4.39 Å². The first-order valence-electron chi connectivity index (χ1n) is 6.85. The van der Waals surface area contributed by atoms with Crippen LogP contribution in [0.25, 0.3) is 0 Å². The standard InChI is InChI=1S/C15H22FNO2/c1-11(17-10-12-5-7-19-8-6-12)14-4-3-13(18-2)9-15(14)16/h3-4,9,11-12,17H,5-8,10H2,1-2H3. The van der Waals surface area contributed by atoms with E-state index < -0.39 is 0 Å². The molecule has 0 bridgehead atoms. The number of rotatable bonds is 5. The van der Waals surface area contributed by atoms with Crippen LogP contribution in [0.3, 0.4) is 0 Å². The van der Waals surface area contributed by atoms with Crippen molar-refractivity contribution in [3.63, 3.8) is 0 Å². The summed E-state index contributed by atoms with van der Waals surface area (Å²) in [6.07, 6.45) is 2.18. The second-order valence-corrected chi connectivity index (χ2v) is 5.07. The largest absolute Gasteiger partial charge is 0.497 e. The van der Waals surface area contributed by atoms with Gasteiger partial charge in [0.25, 0.3) is 0 Å². The quantitative estimate of drug-likeness (QED) is 0.889. The summed E-state index contributed by atoms with van der Waals surface area (Å²) in [5.74, 6) is 0.974. The van der Waals surface area contributed by atoms with Crippen molar-refractivity contribution >= 4 is 0 Å². The summed E-state index contributed by atoms with van der Waals surface area (Å²) in [6.45, 7) is 4.59. The highest BCUT2D eigenvalue weighted by molar-refractivity contribution is 5.30. The Bertz CT molecular complexity index is 405. The minimum atomic E-state index is -0.216. The Kier molecular flexibility index (Phi) is 5.16. The van der Waals surface area contributed by atoms with Crippen LogP contribution in [-0.2, 0) is 4.74 Å². The Labute approximate surface area is 114 Å². The Morgan fingerprint density at radius 3 is 2.79 bits per heavy atom. The summed E-state index contributed by atoms with van der Waals surface area (Å²) in [6, 6.07) is 5.02. The van der Waals surface area contributed by atoms with Gasteiger partial charge >= 0.3 is 0 Å². The predicted molar refractivity (Wildman–Crippen MR) is 72.9 cm³/mol. The molecule has 4 heteroatoms. The van der Waals surface area contributed by atoms with E-state index in [1.807, 2.05) is 6.92 Å². The lowest BCUT2D eigenvalue weighted by Gasteiger charge is -2.24. The molecule has 1 saturated heterocycles. The van der Waals surface area contributed by atoms with Crippen LogP contribution in [0, 0.1) is 11.7 Å². The minimum absolute atomic E-state index is 0.00810. The first-order chi connectivity index (χ1) is 9.20. The maximum Gasteiger partial charge on any atom is 0.131 e. The smallest absolute Gasteiger partial charge is 0.131 e. The van der Waals surface area contributed by atoms with E-state index in [4.69, 9.17) is 9.47 Å². The fraction of sp³-hybridized carbons (Fsp3) is 0.600. The van der Waals surface area contributed by atoms with E-state index in [1.54, 1.807) is 19.2 Å². The number of halogens is 1. The van der Waals surface area contributed by atoms with Crippen LogP contribution in [0.15, 0.2) is 18.2 Å². The van der Waals surface area contributed by atoms with Crippen molar-refractivity contribution in [2.75, 3.05) is 26.9 Å². The molecular weight excluding hydrogens is 245 g/mol. The highest BCUT2D eigenvalue weighted by Crippen LogP contribution is 2.22. The first-order valence-corrected chi connectivity index (χ1v) is 6.85. The second-order valence-electron chi connectivity index (χ2n) is 5.07. The number of hydrogen-bond acceptors (Lipinski definition) is 3. The molecule has 0 amide bonds. The zero-order chi connectivity index (χ0) is 13.7. The van der Waals surface area contributed by atoms with Crippen molar-refractivity contribution < 1.29 is 13.9 Å². The highest BCUT2D eigenvalue weighted by atomic mass is 19.1. The van der Waals surface area contributed by atoms with E-state index in [-0.39, 0.29) is 11.9 Å². The van der Waals surface area contributed by atoms with Crippen LogP contribution in [0.5, 0.6) is 5.75 Å². The van der Waals surface area contributed by atoms with Crippen LogP contribution in [0.1, 0.15) is 31.4 Å². The number of nitrogens with one attached hydrogen (secondary N) is 1. The number of methoxy groups -OCH3 is 1. The summed E-state index contributed by atoms with van der Waals surface area (Å²) in [5, 5.41) is 3.41. The topological polar surface area (TPSA) is 30.5 Å². The van der Waals surface area contributed by atoms with Crippen LogP contribution in [-0.4, -0.2) is 26.9 Å². The molecule has 1 aliphatic rings. The zero-order valence-electron chi connectivity index (χ0n) is 11.6. The third-order valence-electron chi connectivity index (χ3n) is 3.73. The third-order valence-corrected chi connectivity index (χ3v) is 3.73. The molecule has 0 aliphatic carbocycles. The maximum absolute atomic E-state index is 13.9. The van der Waals surface area contributed by atoms with Crippen molar-refractivity contribution in [1.29, 1.82) is 0 Å². The van der Waals surface area contributed by atoms with Crippen molar-refractivity contribution in [1.82, 2.24) is 5.32 Å². The lowest BCUT2D eigenvalue weighted by molar-refractivity contribution is 0.0656. The first kappa shape index (κ1) is 14.3. The summed E-state index contributed by atoms with van der Waals surface area (Å²) >= 11 is 0. The summed E-state index contributed by atoms with van der Waals surface area (Å²) in [4.78, 5) is 0. The van der Waals surface area contributed by atoms with Gasteiger partial charge in [-0.15, -0.1) is 0 Å². The van der Waals surface area contributed by atoms with E-state index in [9.17, 15) is 4.39 Å². The van der Waals surface area contributed by atoms with Gasteiger partial charge in [-0.2, -0.15) is 0 Å². The van der Waals surface area contributed by atoms with E-state index in [2.05, 4.69) is 5.32 Å². The van der Waals surface area contributed by atoms with Crippen molar-refractivity contribution in [2.24, 2.45) is 5.92 Å². The van der Waals surface area contributed by atoms with Crippen molar-refractivity contribution in [3.05, 3.63) is 29.6 Å². The average molecular weight is 267 g/mol. The van der Waals surface area contributed by atoms with Crippen LogP contribution < -0.4 is 10.1 Å². The van der Waals surface area contributed by atoms with Gasteiger partial charge in [-0.3, -0.25) is 0 Å². The molecule has 1 aromatic carbocycles. The van der Waals surface area contributed by atoms with Crippen molar-refractivity contribution in [2.45, 2.75) is 25.8 Å². The Morgan fingerprint density at radius 1 is 1.42 bits per heavy atom. The second kappa shape index (κ2) is 6.87. The Balaban J connectivity index is 1.89. The number of hydrogen-bond donors (Lipinski definition) is 1. The van der Waals surface area contributed by atoms with Gasteiger partial charge in [0, 0.05) is 30.9 Å². The number of benzene rings is 1. The molecule has 2 rings (SSSR count). The molecule has 1 N–H and O–H groups in total. The molecule has 0 saturated carbocycles.